The third kappa shape index (κ3) is 5.23. The van der Waals surface area contributed by atoms with Crippen LogP contribution in [-0.2, 0) is 11.2 Å². The first-order valence-electron chi connectivity index (χ1n) is 9.25. The average molecular weight is 398 g/mol. The summed E-state index contributed by atoms with van der Waals surface area (Å²) in [6, 6.07) is 20.4. The number of amides is 1. The molecule has 3 aromatic rings. The van der Waals surface area contributed by atoms with E-state index in [1.165, 1.54) is 0 Å². The first-order valence-corrected chi connectivity index (χ1v) is 9.25. The van der Waals surface area contributed by atoms with Crippen LogP contribution >= 0.6 is 0 Å². The van der Waals surface area contributed by atoms with Crippen molar-refractivity contribution in [3.63, 3.8) is 0 Å². The molecule has 3 rings (SSSR count). The molecule has 1 amide bonds. The minimum Gasteiger partial charge on any atom is -0.322 e. The third-order valence-electron chi connectivity index (χ3n) is 4.62. The largest absolute Gasteiger partial charge is 0.322 e. The van der Waals surface area contributed by atoms with Crippen LogP contribution in [0, 0.1) is 17.5 Å². The number of hydrogen-bond acceptors (Lipinski definition) is 2. The van der Waals surface area contributed by atoms with Gasteiger partial charge in [-0.2, -0.15) is 0 Å². The summed E-state index contributed by atoms with van der Waals surface area (Å²) in [6.45, 7) is 1.63. The Balaban J connectivity index is 1.74. The lowest BCUT2D eigenvalue weighted by molar-refractivity contribution is -0.118. The van der Waals surface area contributed by atoms with Crippen LogP contribution in [0.1, 0.15) is 24.1 Å². The molecule has 2 unspecified atom stereocenters. The molecule has 0 fully saturated rings. The lowest BCUT2D eigenvalue weighted by atomic mass is 9.98. The van der Waals surface area contributed by atoms with Crippen LogP contribution < -0.4 is 10.6 Å². The SMILES string of the molecule is CC(NC(Cc1ccccc1)c1ccccc1)C(=O)Nc1ccc(F)c(F)c1F. The van der Waals surface area contributed by atoms with Crippen LogP contribution in [0.4, 0.5) is 18.9 Å². The van der Waals surface area contributed by atoms with Gasteiger partial charge in [0.05, 0.1) is 11.7 Å². The molecule has 0 aromatic heterocycles. The molecule has 0 aliphatic rings. The van der Waals surface area contributed by atoms with E-state index in [0.717, 1.165) is 23.3 Å². The zero-order chi connectivity index (χ0) is 20.8. The van der Waals surface area contributed by atoms with E-state index in [4.69, 9.17) is 0 Å². The summed E-state index contributed by atoms with van der Waals surface area (Å²) in [5.41, 5.74) is 1.69. The molecule has 0 saturated carbocycles. The van der Waals surface area contributed by atoms with Gasteiger partial charge in [-0.3, -0.25) is 10.1 Å². The number of hydrogen-bond donors (Lipinski definition) is 2. The minimum absolute atomic E-state index is 0.172. The molecule has 0 radical (unpaired) electrons. The molecule has 0 bridgehead atoms. The van der Waals surface area contributed by atoms with Crippen LogP contribution in [0.3, 0.4) is 0 Å². The Bertz CT molecular complexity index is 965. The Kier molecular flexibility index (Phi) is 6.67. The summed E-state index contributed by atoms with van der Waals surface area (Å²) >= 11 is 0. The Labute approximate surface area is 167 Å². The number of nitrogens with one attached hydrogen (secondary N) is 2. The fraction of sp³-hybridized carbons (Fsp3) is 0.174. The zero-order valence-corrected chi connectivity index (χ0v) is 15.8. The van der Waals surface area contributed by atoms with E-state index in [2.05, 4.69) is 10.6 Å². The molecule has 0 aliphatic heterocycles. The van der Waals surface area contributed by atoms with E-state index in [0.29, 0.717) is 6.42 Å². The lowest BCUT2D eigenvalue weighted by Gasteiger charge is -2.24. The first-order chi connectivity index (χ1) is 14.0. The van der Waals surface area contributed by atoms with E-state index < -0.39 is 35.1 Å². The van der Waals surface area contributed by atoms with Crippen molar-refractivity contribution in [3.8, 4) is 0 Å². The van der Waals surface area contributed by atoms with Crippen LogP contribution in [0.15, 0.2) is 72.8 Å². The van der Waals surface area contributed by atoms with E-state index in [1.54, 1.807) is 6.92 Å². The second kappa shape index (κ2) is 9.39. The van der Waals surface area contributed by atoms with E-state index >= 15 is 0 Å². The Morgan fingerprint density at radius 3 is 2.14 bits per heavy atom. The van der Waals surface area contributed by atoms with Crippen molar-refractivity contribution in [3.05, 3.63) is 101 Å². The van der Waals surface area contributed by atoms with Gasteiger partial charge in [-0.25, -0.2) is 13.2 Å². The molecule has 0 spiro atoms. The fourth-order valence-electron chi connectivity index (χ4n) is 3.05. The Morgan fingerprint density at radius 1 is 0.862 bits per heavy atom. The molecular weight excluding hydrogens is 377 g/mol. The molecule has 2 atom stereocenters. The molecule has 0 heterocycles. The minimum atomic E-state index is -1.62. The fourth-order valence-corrected chi connectivity index (χ4v) is 3.05. The van der Waals surface area contributed by atoms with Crippen LogP contribution in [0.5, 0.6) is 0 Å². The second-order valence-corrected chi connectivity index (χ2v) is 6.75. The summed E-state index contributed by atoms with van der Waals surface area (Å²) < 4.78 is 40.3. The molecule has 6 heteroatoms. The van der Waals surface area contributed by atoms with Gasteiger partial charge in [0.25, 0.3) is 0 Å². The molecule has 3 nitrogen and oxygen atoms in total. The summed E-state index contributed by atoms with van der Waals surface area (Å²) in [5, 5.41) is 5.56. The highest BCUT2D eigenvalue weighted by Crippen LogP contribution is 2.21. The molecule has 29 heavy (non-hydrogen) atoms. The van der Waals surface area contributed by atoms with Crippen LogP contribution in [0.2, 0.25) is 0 Å². The second-order valence-electron chi connectivity index (χ2n) is 6.75. The predicted octanol–water partition coefficient (Wildman–Crippen LogP) is 5.00. The molecule has 0 aliphatic carbocycles. The average Bonchev–Trinajstić information content (AvgIpc) is 2.75. The van der Waals surface area contributed by atoms with E-state index in [-0.39, 0.29) is 6.04 Å². The number of benzene rings is 3. The maximum Gasteiger partial charge on any atom is 0.241 e. The number of rotatable bonds is 7. The summed E-state index contributed by atoms with van der Waals surface area (Å²) in [4.78, 5) is 12.5. The van der Waals surface area contributed by atoms with Gasteiger partial charge in [-0.1, -0.05) is 60.7 Å². The van der Waals surface area contributed by atoms with Crippen molar-refractivity contribution in [1.29, 1.82) is 0 Å². The van der Waals surface area contributed by atoms with Gasteiger partial charge < -0.3 is 5.32 Å². The van der Waals surface area contributed by atoms with E-state index in [9.17, 15) is 18.0 Å². The predicted molar refractivity (Wildman–Crippen MR) is 107 cm³/mol. The molecule has 3 aromatic carbocycles. The third-order valence-corrected chi connectivity index (χ3v) is 4.62. The van der Waals surface area contributed by atoms with Crippen molar-refractivity contribution in [1.82, 2.24) is 5.32 Å². The van der Waals surface area contributed by atoms with Gasteiger partial charge in [0.15, 0.2) is 17.5 Å². The topological polar surface area (TPSA) is 41.1 Å². The quantitative estimate of drug-likeness (QED) is 0.550. The van der Waals surface area contributed by atoms with Crippen molar-refractivity contribution in [2.45, 2.75) is 25.4 Å². The van der Waals surface area contributed by atoms with Gasteiger partial charge in [0.2, 0.25) is 5.91 Å². The van der Waals surface area contributed by atoms with Gasteiger partial charge in [-0.05, 0) is 36.6 Å². The monoisotopic (exact) mass is 398 g/mol. The van der Waals surface area contributed by atoms with Gasteiger partial charge >= 0.3 is 0 Å². The van der Waals surface area contributed by atoms with Crippen LogP contribution in [-0.4, -0.2) is 11.9 Å². The zero-order valence-electron chi connectivity index (χ0n) is 15.8. The lowest BCUT2D eigenvalue weighted by Crippen LogP contribution is -2.41. The van der Waals surface area contributed by atoms with Crippen molar-refractivity contribution in [2.75, 3.05) is 5.32 Å². The maximum atomic E-state index is 13.9. The van der Waals surface area contributed by atoms with Crippen molar-refractivity contribution >= 4 is 11.6 Å². The smallest absolute Gasteiger partial charge is 0.241 e. The number of carbonyl (C=O) groups excluding carboxylic acids is 1. The van der Waals surface area contributed by atoms with Gasteiger partial charge in [0.1, 0.15) is 0 Å². The first kappa shape index (κ1) is 20.6. The summed E-state index contributed by atoms with van der Waals surface area (Å²) in [5.74, 6) is -4.90. The van der Waals surface area contributed by atoms with Crippen molar-refractivity contribution < 1.29 is 18.0 Å². The highest BCUT2D eigenvalue weighted by Gasteiger charge is 2.22. The molecular formula is C23H21F3N2O. The molecule has 150 valence electrons. The van der Waals surface area contributed by atoms with Crippen molar-refractivity contribution in [2.24, 2.45) is 0 Å². The maximum absolute atomic E-state index is 13.9. The Morgan fingerprint density at radius 2 is 1.48 bits per heavy atom. The highest BCUT2D eigenvalue weighted by atomic mass is 19.2. The molecule has 0 saturated heterocycles. The summed E-state index contributed by atoms with van der Waals surface area (Å²) in [6.07, 6.45) is 0.641. The highest BCUT2D eigenvalue weighted by molar-refractivity contribution is 5.94. The summed E-state index contributed by atoms with van der Waals surface area (Å²) in [7, 11) is 0. The molecule has 2 N–H and O–H groups in total. The number of halogens is 3. The Hall–Kier alpha value is -3.12. The standard InChI is InChI=1S/C23H21F3N2O/c1-15(23(29)28-19-13-12-18(24)21(25)22(19)26)27-20(17-10-6-3-7-11-17)14-16-8-4-2-5-9-16/h2-13,15,20,27H,14H2,1H3,(H,28,29). The number of carbonyl (C=O) groups is 1. The normalized spacial score (nSPS) is 13.0. The van der Waals surface area contributed by atoms with Crippen LogP contribution in [0.25, 0.3) is 0 Å². The van der Waals surface area contributed by atoms with E-state index in [1.807, 2.05) is 60.7 Å². The van der Waals surface area contributed by atoms with Gasteiger partial charge in [0, 0.05) is 6.04 Å². The number of anilines is 1. The van der Waals surface area contributed by atoms with Gasteiger partial charge in [-0.15, -0.1) is 0 Å².